The third-order valence-electron chi connectivity index (χ3n) is 4.84. The molecule has 0 amide bonds. The zero-order valence-corrected chi connectivity index (χ0v) is 13.1. The van der Waals surface area contributed by atoms with Gasteiger partial charge >= 0.3 is 0 Å². The van der Waals surface area contributed by atoms with Crippen molar-refractivity contribution < 1.29 is 9.84 Å². The van der Waals surface area contributed by atoms with E-state index in [1.54, 1.807) is 12.1 Å². The van der Waals surface area contributed by atoms with Crippen molar-refractivity contribution in [2.24, 2.45) is 0 Å². The van der Waals surface area contributed by atoms with Crippen molar-refractivity contribution in [3.8, 4) is 17.2 Å². The summed E-state index contributed by atoms with van der Waals surface area (Å²) in [4.78, 5) is 0. The van der Waals surface area contributed by atoms with Crippen LogP contribution in [0, 0.1) is 0 Å². The molecule has 0 atom stereocenters. The van der Waals surface area contributed by atoms with Crippen LogP contribution in [0.1, 0.15) is 17.5 Å². The maximum absolute atomic E-state index is 9.55. The summed E-state index contributed by atoms with van der Waals surface area (Å²) in [7, 11) is 0. The van der Waals surface area contributed by atoms with Gasteiger partial charge in [0.25, 0.3) is 0 Å². The molecule has 0 saturated carbocycles. The summed E-state index contributed by atoms with van der Waals surface area (Å²) in [5.74, 6) is 1.97. The summed E-state index contributed by atoms with van der Waals surface area (Å²) in [6, 6.07) is 17.7. The number of phenols is 1. The van der Waals surface area contributed by atoms with Crippen LogP contribution in [0.15, 0.2) is 72.3 Å². The Morgan fingerprint density at radius 1 is 0.833 bits per heavy atom. The first-order valence-corrected chi connectivity index (χ1v) is 8.19. The number of allylic oxidation sites excluding steroid dienone is 4. The minimum absolute atomic E-state index is 0.282. The Labute approximate surface area is 140 Å². The van der Waals surface area contributed by atoms with Crippen LogP contribution in [0.4, 0.5) is 0 Å². The van der Waals surface area contributed by atoms with E-state index in [1.807, 2.05) is 30.3 Å². The molecular formula is C22H16O2. The molecule has 24 heavy (non-hydrogen) atoms. The van der Waals surface area contributed by atoms with Gasteiger partial charge in [-0.3, -0.25) is 0 Å². The molecule has 3 aromatic rings. The molecule has 2 aliphatic rings. The van der Waals surface area contributed by atoms with Crippen molar-refractivity contribution in [1.29, 1.82) is 0 Å². The quantitative estimate of drug-likeness (QED) is 0.666. The number of hydrogen-bond donors (Lipinski definition) is 1. The molecule has 0 saturated heterocycles. The molecule has 1 N–H and O–H groups in total. The Kier molecular flexibility index (Phi) is 2.80. The van der Waals surface area contributed by atoms with Crippen molar-refractivity contribution in [2.45, 2.75) is 12.8 Å². The molecule has 0 bridgehead atoms. The highest BCUT2D eigenvalue weighted by Crippen LogP contribution is 2.41. The van der Waals surface area contributed by atoms with Crippen LogP contribution in [0.3, 0.4) is 0 Å². The van der Waals surface area contributed by atoms with E-state index < -0.39 is 0 Å². The Hall–Kier alpha value is -3.00. The maximum atomic E-state index is 9.55. The minimum Gasteiger partial charge on any atom is -0.508 e. The summed E-state index contributed by atoms with van der Waals surface area (Å²) in [6.07, 6.45) is 6.55. The number of fused-ring (bicyclic) bond motifs is 3. The number of aromatic hydroxyl groups is 1. The van der Waals surface area contributed by atoms with Crippen molar-refractivity contribution in [1.82, 2.24) is 0 Å². The molecule has 5 rings (SSSR count). The highest BCUT2D eigenvalue weighted by atomic mass is 16.5. The van der Waals surface area contributed by atoms with Crippen LogP contribution in [-0.4, -0.2) is 5.11 Å². The van der Waals surface area contributed by atoms with E-state index in [-0.39, 0.29) is 5.75 Å². The van der Waals surface area contributed by atoms with E-state index in [4.69, 9.17) is 4.74 Å². The van der Waals surface area contributed by atoms with Gasteiger partial charge < -0.3 is 9.84 Å². The maximum Gasteiger partial charge on any atom is 0.128 e. The topological polar surface area (TPSA) is 29.5 Å². The van der Waals surface area contributed by atoms with Gasteiger partial charge in [0.05, 0.1) is 0 Å². The molecule has 0 spiro atoms. The first-order valence-electron chi connectivity index (χ1n) is 8.19. The Morgan fingerprint density at radius 3 is 2.58 bits per heavy atom. The van der Waals surface area contributed by atoms with Crippen molar-refractivity contribution in [3.63, 3.8) is 0 Å². The van der Waals surface area contributed by atoms with Gasteiger partial charge in [-0.25, -0.2) is 0 Å². The molecule has 2 nitrogen and oxygen atoms in total. The van der Waals surface area contributed by atoms with E-state index in [1.165, 1.54) is 22.3 Å². The first-order chi connectivity index (χ1) is 11.8. The summed E-state index contributed by atoms with van der Waals surface area (Å²) >= 11 is 0. The van der Waals surface area contributed by atoms with E-state index in [0.717, 1.165) is 35.1 Å². The normalized spacial score (nSPS) is 15.0. The second-order valence-corrected chi connectivity index (χ2v) is 6.40. The highest BCUT2D eigenvalue weighted by molar-refractivity contribution is 5.85. The van der Waals surface area contributed by atoms with Gasteiger partial charge in [0.2, 0.25) is 0 Å². The van der Waals surface area contributed by atoms with Crippen LogP contribution in [0.5, 0.6) is 17.2 Å². The van der Waals surface area contributed by atoms with Crippen LogP contribution in [0.25, 0.3) is 16.3 Å². The van der Waals surface area contributed by atoms with Gasteiger partial charge in [0.15, 0.2) is 0 Å². The summed E-state index contributed by atoms with van der Waals surface area (Å²) in [5, 5.41) is 11.6. The standard InChI is InChI=1S/C22H16O2/c23-18-6-4-15-12-19(7-5-14(15)11-18)24-20-8-9-22-17(13-20)10-16-2-1-3-21(16)22/h1-2,4-9,11-13,23H,3,10H2. The third kappa shape index (κ3) is 2.11. The SMILES string of the molecule is Oc1ccc2cc(Oc3ccc4c(c3)CC3=C4CC=C3)ccc2c1. The Morgan fingerprint density at radius 2 is 1.62 bits per heavy atom. The van der Waals surface area contributed by atoms with Gasteiger partial charge in [-0.05, 0) is 82.3 Å². The van der Waals surface area contributed by atoms with Crippen molar-refractivity contribution in [3.05, 3.63) is 83.4 Å². The Balaban J connectivity index is 1.45. The first kappa shape index (κ1) is 13.4. The lowest BCUT2D eigenvalue weighted by atomic mass is 10.0. The van der Waals surface area contributed by atoms with Crippen LogP contribution < -0.4 is 4.74 Å². The predicted octanol–water partition coefficient (Wildman–Crippen LogP) is 5.61. The van der Waals surface area contributed by atoms with Gasteiger partial charge in [-0.1, -0.05) is 30.4 Å². The van der Waals surface area contributed by atoms with Gasteiger partial charge in [-0.2, -0.15) is 0 Å². The molecule has 3 aromatic carbocycles. The molecule has 0 heterocycles. The van der Waals surface area contributed by atoms with E-state index >= 15 is 0 Å². The van der Waals surface area contributed by atoms with Crippen LogP contribution in [-0.2, 0) is 6.42 Å². The Bertz CT molecular complexity index is 1040. The number of hydrogen-bond acceptors (Lipinski definition) is 2. The molecule has 2 aliphatic carbocycles. The molecule has 0 unspecified atom stereocenters. The molecule has 2 heteroatoms. The average molecular weight is 312 g/mol. The van der Waals surface area contributed by atoms with Crippen LogP contribution in [0.2, 0.25) is 0 Å². The second-order valence-electron chi connectivity index (χ2n) is 6.40. The van der Waals surface area contributed by atoms with E-state index in [0.29, 0.717) is 0 Å². The summed E-state index contributed by atoms with van der Waals surface area (Å²) in [5.41, 5.74) is 5.65. The molecule has 0 radical (unpaired) electrons. The lowest BCUT2D eigenvalue weighted by Crippen LogP contribution is -1.89. The molecule has 116 valence electrons. The fourth-order valence-electron chi connectivity index (χ4n) is 3.69. The molecular weight excluding hydrogens is 296 g/mol. The number of rotatable bonds is 2. The van der Waals surface area contributed by atoms with Gasteiger partial charge in [-0.15, -0.1) is 0 Å². The third-order valence-corrected chi connectivity index (χ3v) is 4.84. The van der Waals surface area contributed by atoms with Gasteiger partial charge in [0, 0.05) is 0 Å². The van der Waals surface area contributed by atoms with Crippen LogP contribution >= 0.6 is 0 Å². The molecule has 0 aromatic heterocycles. The number of phenolic OH excluding ortho intramolecular Hbond substituents is 1. The number of benzene rings is 3. The molecule has 0 aliphatic heterocycles. The predicted molar refractivity (Wildman–Crippen MR) is 96.5 cm³/mol. The van der Waals surface area contributed by atoms with Gasteiger partial charge in [0.1, 0.15) is 17.2 Å². The number of ether oxygens (including phenoxy) is 1. The zero-order valence-electron chi connectivity index (χ0n) is 13.1. The lowest BCUT2D eigenvalue weighted by Gasteiger charge is -2.10. The van der Waals surface area contributed by atoms with Crippen molar-refractivity contribution in [2.75, 3.05) is 0 Å². The largest absolute Gasteiger partial charge is 0.508 e. The fourth-order valence-corrected chi connectivity index (χ4v) is 3.69. The monoisotopic (exact) mass is 312 g/mol. The average Bonchev–Trinajstić information content (AvgIpc) is 3.15. The lowest BCUT2D eigenvalue weighted by molar-refractivity contribution is 0.475. The highest BCUT2D eigenvalue weighted by Gasteiger charge is 2.22. The molecule has 0 fully saturated rings. The van der Waals surface area contributed by atoms with E-state index in [2.05, 4.69) is 24.3 Å². The smallest absolute Gasteiger partial charge is 0.128 e. The minimum atomic E-state index is 0.282. The van der Waals surface area contributed by atoms with Crippen molar-refractivity contribution >= 4 is 16.3 Å². The zero-order chi connectivity index (χ0) is 16.1. The summed E-state index contributed by atoms with van der Waals surface area (Å²) < 4.78 is 6.07. The summed E-state index contributed by atoms with van der Waals surface area (Å²) in [6.45, 7) is 0. The second kappa shape index (κ2) is 5.00. The van der Waals surface area contributed by atoms with E-state index in [9.17, 15) is 5.11 Å². The fraction of sp³-hybridized carbons (Fsp3) is 0.0909.